The Labute approximate surface area is 172 Å². The SMILES string of the molecule is CCOC(=O)NC1CC1N=C(NC(=O)c1cccc(Cl)c1)Nc1cccc(F)c1. The summed E-state index contributed by atoms with van der Waals surface area (Å²) in [5.74, 6) is -0.715. The summed E-state index contributed by atoms with van der Waals surface area (Å²) in [6.07, 6.45) is 0.0815. The number of carbonyl (C=O) groups is 2. The first-order chi connectivity index (χ1) is 13.9. The van der Waals surface area contributed by atoms with Gasteiger partial charge >= 0.3 is 6.09 Å². The van der Waals surface area contributed by atoms with Gasteiger partial charge in [-0.15, -0.1) is 0 Å². The molecule has 3 N–H and O–H groups in total. The number of guanidine groups is 1. The predicted octanol–water partition coefficient (Wildman–Crippen LogP) is 3.56. The number of carbonyl (C=O) groups excluding carboxylic acids is 2. The van der Waals surface area contributed by atoms with Crippen LogP contribution in [0.2, 0.25) is 5.02 Å². The van der Waals surface area contributed by atoms with E-state index in [2.05, 4.69) is 20.9 Å². The maximum absolute atomic E-state index is 13.5. The number of rotatable bonds is 5. The highest BCUT2D eigenvalue weighted by molar-refractivity contribution is 6.31. The Bertz CT molecular complexity index is 937. The molecule has 2 aromatic rings. The molecule has 0 saturated heterocycles. The van der Waals surface area contributed by atoms with Crippen LogP contribution in [0.4, 0.5) is 14.9 Å². The molecule has 1 fully saturated rings. The van der Waals surface area contributed by atoms with Crippen molar-refractivity contribution in [3.05, 3.63) is 64.9 Å². The van der Waals surface area contributed by atoms with E-state index in [1.165, 1.54) is 24.3 Å². The Balaban J connectivity index is 1.73. The van der Waals surface area contributed by atoms with Crippen molar-refractivity contribution in [3.8, 4) is 0 Å². The fourth-order valence-electron chi connectivity index (χ4n) is 2.58. The largest absolute Gasteiger partial charge is 0.450 e. The summed E-state index contributed by atoms with van der Waals surface area (Å²) in [6, 6.07) is 11.8. The van der Waals surface area contributed by atoms with Crippen LogP contribution in [0.15, 0.2) is 53.5 Å². The molecule has 0 aromatic heterocycles. The first-order valence-electron chi connectivity index (χ1n) is 9.05. The fraction of sp³-hybridized carbons (Fsp3) is 0.250. The van der Waals surface area contributed by atoms with Gasteiger partial charge < -0.3 is 15.4 Å². The third kappa shape index (κ3) is 6.18. The van der Waals surface area contributed by atoms with E-state index in [9.17, 15) is 14.0 Å². The number of halogens is 2. The first-order valence-corrected chi connectivity index (χ1v) is 9.43. The van der Waals surface area contributed by atoms with E-state index >= 15 is 0 Å². The summed E-state index contributed by atoms with van der Waals surface area (Å²) in [5, 5.41) is 8.70. The molecule has 2 atom stereocenters. The van der Waals surface area contributed by atoms with Crippen LogP contribution >= 0.6 is 11.6 Å². The molecule has 2 unspecified atom stereocenters. The molecule has 1 aliphatic rings. The quantitative estimate of drug-likeness (QED) is 0.511. The minimum Gasteiger partial charge on any atom is -0.450 e. The summed E-state index contributed by atoms with van der Waals surface area (Å²) in [7, 11) is 0. The van der Waals surface area contributed by atoms with Gasteiger partial charge in [0.1, 0.15) is 5.82 Å². The van der Waals surface area contributed by atoms with Gasteiger partial charge in [-0.2, -0.15) is 0 Å². The van der Waals surface area contributed by atoms with Crippen LogP contribution in [0.25, 0.3) is 0 Å². The summed E-state index contributed by atoms with van der Waals surface area (Å²) in [5.41, 5.74) is 0.772. The average Bonchev–Trinajstić information content (AvgIpc) is 3.38. The summed E-state index contributed by atoms with van der Waals surface area (Å²) < 4.78 is 18.3. The Morgan fingerprint density at radius 2 is 2.03 bits per heavy atom. The highest BCUT2D eigenvalue weighted by atomic mass is 35.5. The second kappa shape index (κ2) is 9.38. The van der Waals surface area contributed by atoms with Crippen LogP contribution in [-0.4, -0.2) is 36.7 Å². The topological polar surface area (TPSA) is 91.8 Å². The van der Waals surface area contributed by atoms with Crippen molar-refractivity contribution in [2.24, 2.45) is 4.99 Å². The lowest BCUT2D eigenvalue weighted by Crippen LogP contribution is -2.37. The smallest absolute Gasteiger partial charge is 0.407 e. The molecule has 0 spiro atoms. The van der Waals surface area contributed by atoms with Gasteiger partial charge in [0.2, 0.25) is 5.96 Å². The van der Waals surface area contributed by atoms with Crippen molar-refractivity contribution in [2.75, 3.05) is 11.9 Å². The molecule has 3 rings (SSSR count). The van der Waals surface area contributed by atoms with Gasteiger partial charge in [-0.05, 0) is 49.7 Å². The number of benzene rings is 2. The molecule has 0 bridgehead atoms. The van der Waals surface area contributed by atoms with Crippen molar-refractivity contribution in [1.29, 1.82) is 0 Å². The summed E-state index contributed by atoms with van der Waals surface area (Å²) in [6.45, 7) is 1.99. The Hall–Kier alpha value is -3.13. The number of hydrogen-bond donors (Lipinski definition) is 3. The number of nitrogens with one attached hydrogen (secondary N) is 3. The van der Waals surface area contributed by atoms with Crippen molar-refractivity contribution in [2.45, 2.75) is 25.4 Å². The van der Waals surface area contributed by atoms with Crippen LogP contribution in [0.1, 0.15) is 23.7 Å². The molecule has 1 saturated carbocycles. The van der Waals surface area contributed by atoms with Crippen molar-refractivity contribution >= 4 is 35.2 Å². The monoisotopic (exact) mass is 418 g/mol. The maximum Gasteiger partial charge on any atom is 0.407 e. The zero-order chi connectivity index (χ0) is 20.8. The molecule has 1 aliphatic carbocycles. The minimum absolute atomic E-state index is 0.138. The second-order valence-electron chi connectivity index (χ2n) is 6.35. The third-order valence-corrected chi connectivity index (χ3v) is 4.27. The lowest BCUT2D eigenvalue weighted by molar-refractivity contribution is 0.0976. The molecule has 29 heavy (non-hydrogen) atoms. The van der Waals surface area contributed by atoms with Crippen LogP contribution < -0.4 is 16.0 Å². The normalized spacial score (nSPS) is 18.0. The van der Waals surface area contributed by atoms with Crippen molar-refractivity contribution < 1.29 is 18.7 Å². The molecule has 0 heterocycles. The van der Waals surface area contributed by atoms with E-state index in [0.29, 0.717) is 22.7 Å². The van der Waals surface area contributed by atoms with E-state index in [-0.39, 0.29) is 24.7 Å². The van der Waals surface area contributed by atoms with E-state index in [0.717, 1.165) is 0 Å². The summed E-state index contributed by atoms with van der Waals surface area (Å²) >= 11 is 5.94. The average molecular weight is 419 g/mol. The number of anilines is 1. The first kappa shape index (κ1) is 20.6. The number of aliphatic imine (C=N–C) groups is 1. The molecular weight excluding hydrogens is 399 g/mol. The van der Waals surface area contributed by atoms with Gasteiger partial charge in [-0.1, -0.05) is 23.7 Å². The Morgan fingerprint density at radius 3 is 2.76 bits per heavy atom. The predicted molar refractivity (Wildman–Crippen MR) is 109 cm³/mol. The fourth-order valence-corrected chi connectivity index (χ4v) is 2.77. The lowest BCUT2D eigenvalue weighted by atomic mass is 10.2. The maximum atomic E-state index is 13.5. The molecular formula is C20H20ClFN4O3. The van der Waals surface area contributed by atoms with Gasteiger partial charge in [-0.25, -0.2) is 14.2 Å². The number of amides is 2. The van der Waals surface area contributed by atoms with Crippen LogP contribution in [-0.2, 0) is 4.74 Å². The molecule has 0 radical (unpaired) electrons. The Morgan fingerprint density at radius 1 is 1.24 bits per heavy atom. The van der Waals surface area contributed by atoms with Gasteiger partial charge in [-0.3, -0.25) is 10.1 Å². The number of hydrogen-bond acceptors (Lipinski definition) is 4. The number of alkyl carbamates (subject to hydrolysis) is 1. The van der Waals surface area contributed by atoms with Crippen molar-refractivity contribution in [3.63, 3.8) is 0 Å². The molecule has 7 nitrogen and oxygen atoms in total. The minimum atomic E-state index is -0.516. The van der Waals surface area contributed by atoms with E-state index in [1.807, 2.05) is 0 Å². The highest BCUT2D eigenvalue weighted by Gasteiger charge is 2.39. The van der Waals surface area contributed by atoms with Crippen LogP contribution in [0.3, 0.4) is 0 Å². The Kier molecular flexibility index (Phi) is 6.66. The number of nitrogens with zero attached hydrogens (tertiary/aromatic N) is 1. The molecule has 0 aliphatic heterocycles. The second-order valence-corrected chi connectivity index (χ2v) is 6.79. The third-order valence-electron chi connectivity index (χ3n) is 4.04. The zero-order valence-electron chi connectivity index (χ0n) is 15.6. The number of ether oxygens (including phenoxy) is 1. The van der Waals surface area contributed by atoms with Crippen molar-refractivity contribution in [1.82, 2.24) is 10.6 Å². The van der Waals surface area contributed by atoms with Gasteiger partial charge in [0, 0.05) is 16.3 Å². The zero-order valence-corrected chi connectivity index (χ0v) is 16.4. The van der Waals surface area contributed by atoms with E-state index in [4.69, 9.17) is 16.3 Å². The van der Waals surface area contributed by atoms with Gasteiger partial charge in [0.05, 0.1) is 18.7 Å². The van der Waals surface area contributed by atoms with E-state index in [1.54, 1.807) is 31.2 Å². The molecule has 2 amide bonds. The van der Waals surface area contributed by atoms with E-state index < -0.39 is 17.8 Å². The molecule has 2 aromatic carbocycles. The van der Waals surface area contributed by atoms with Crippen LogP contribution in [0.5, 0.6) is 0 Å². The standard InChI is InChI=1S/C20H20ClFN4O3/c1-2-29-20(28)25-17-11-16(17)24-19(23-15-8-4-7-14(22)10-15)26-18(27)12-5-3-6-13(21)9-12/h3-10,16-17H,2,11H2,1H3,(H,25,28)(H2,23,24,26,27). The molecule has 152 valence electrons. The molecule has 9 heteroatoms. The van der Waals surface area contributed by atoms with Crippen LogP contribution in [0, 0.1) is 5.82 Å². The van der Waals surface area contributed by atoms with Gasteiger partial charge in [0.15, 0.2) is 0 Å². The summed E-state index contributed by atoms with van der Waals surface area (Å²) in [4.78, 5) is 28.5. The highest BCUT2D eigenvalue weighted by Crippen LogP contribution is 2.26. The van der Waals surface area contributed by atoms with Gasteiger partial charge in [0.25, 0.3) is 5.91 Å². The lowest BCUT2D eigenvalue weighted by Gasteiger charge is -2.12.